The number of ether oxygens (including phenoxy) is 2. The predicted octanol–water partition coefficient (Wildman–Crippen LogP) is 5.84. The Hall–Kier alpha value is -3.37. The molecule has 1 aromatic heterocycles. The Balaban J connectivity index is 1.80. The van der Waals surface area contributed by atoms with Gasteiger partial charge in [0.15, 0.2) is 6.10 Å². The van der Waals surface area contributed by atoms with E-state index >= 15 is 0 Å². The molecule has 0 saturated carbocycles. The van der Waals surface area contributed by atoms with Gasteiger partial charge in [-0.25, -0.2) is 4.79 Å². The lowest BCUT2D eigenvalue weighted by Gasteiger charge is -2.20. The minimum absolute atomic E-state index is 0.313. The van der Waals surface area contributed by atoms with E-state index in [1.54, 1.807) is 37.6 Å². The van der Waals surface area contributed by atoms with Gasteiger partial charge in [0.05, 0.1) is 23.4 Å². The van der Waals surface area contributed by atoms with Gasteiger partial charge in [-0.3, -0.25) is 4.98 Å². The first-order valence-electron chi connectivity index (χ1n) is 9.10. The lowest BCUT2D eigenvalue weighted by Crippen LogP contribution is -2.15. The Morgan fingerprint density at radius 1 is 0.931 bits per heavy atom. The smallest absolute Gasteiger partial charge is 0.340 e. The van der Waals surface area contributed by atoms with Crippen LogP contribution < -0.4 is 4.74 Å². The zero-order chi connectivity index (χ0) is 20.2. The number of rotatable bonds is 5. The van der Waals surface area contributed by atoms with Crippen molar-refractivity contribution in [2.24, 2.45) is 0 Å². The first kappa shape index (κ1) is 19.0. The third kappa shape index (κ3) is 3.93. The van der Waals surface area contributed by atoms with Crippen molar-refractivity contribution in [2.45, 2.75) is 6.10 Å². The molecule has 0 radical (unpaired) electrons. The molecule has 144 valence electrons. The summed E-state index contributed by atoms with van der Waals surface area (Å²) in [4.78, 5) is 17.5. The number of nitrogens with zero attached hydrogens (tertiary/aromatic N) is 1. The highest BCUT2D eigenvalue weighted by atomic mass is 35.5. The summed E-state index contributed by atoms with van der Waals surface area (Å²) in [6.45, 7) is 0. The molecule has 4 rings (SSSR count). The Bertz CT molecular complexity index is 1150. The molecular formula is C24H18ClNO3. The summed E-state index contributed by atoms with van der Waals surface area (Å²) >= 11 is 6.20. The fourth-order valence-corrected chi connectivity index (χ4v) is 3.42. The first-order valence-corrected chi connectivity index (χ1v) is 9.48. The molecule has 0 spiro atoms. The number of benzene rings is 3. The normalized spacial score (nSPS) is 11.8. The monoisotopic (exact) mass is 403 g/mol. The van der Waals surface area contributed by atoms with Crippen molar-refractivity contribution in [1.82, 2.24) is 4.98 Å². The Morgan fingerprint density at radius 2 is 1.66 bits per heavy atom. The SMILES string of the molecule is COc1ccc([C@H](OC(=O)c2ccccc2Cl)c2nccc3ccccc23)cc1. The van der Waals surface area contributed by atoms with Crippen LogP contribution in [0.4, 0.5) is 0 Å². The summed E-state index contributed by atoms with van der Waals surface area (Å²) < 4.78 is 11.2. The van der Waals surface area contributed by atoms with Crippen molar-refractivity contribution >= 4 is 28.3 Å². The molecule has 3 aromatic carbocycles. The summed E-state index contributed by atoms with van der Waals surface area (Å²) in [6.07, 6.45) is 1.02. The molecule has 0 saturated heterocycles. The molecule has 0 aliphatic rings. The van der Waals surface area contributed by atoms with E-state index in [4.69, 9.17) is 21.1 Å². The first-order chi connectivity index (χ1) is 14.2. The lowest BCUT2D eigenvalue weighted by molar-refractivity contribution is 0.0373. The zero-order valence-electron chi connectivity index (χ0n) is 15.7. The van der Waals surface area contributed by atoms with E-state index in [2.05, 4.69) is 4.98 Å². The second-order valence-corrected chi connectivity index (χ2v) is 6.86. The number of carbonyl (C=O) groups excluding carboxylic acids is 1. The number of aromatic nitrogens is 1. The topological polar surface area (TPSA) is 48.4 Å². The van der Waals surface area contributed by atoms with Crippen molar-refractivity contribution in [3.05, 3.63) is 107 Å². The fraction of sp³-hybridized carbons (Fsp3) is 0.0833. The van der Waals surface area contributed by atoms with E-state index in [9.17, 15) is 4.79 Å². The molecule has 0 amide bonds. The Morgan fingerprint density at radius 3 is 2.41 bits per heavy atom. The molecule has 0 fully saturated rings. The summed E-state index contributed by atoms with van der Waals surface area (Å²) in [5.41, 5.74) is 1.76. The number of carbonyl (C=O) groups is 1. The highest BCUT2D eigenvalue weighted by Gasteiger charge is 2.24. The maximum atomic E-state index is 12.9. The number of hydrogen-bond donors (Lipinski definition) is 0. The Labute approximate surface area is 173 Å². The van der Waals surface area contributed by atoms with Gasteiger partial charge in [0.2, 0.25) is 0 Å². The number of methoxy groups -OCH3 is 1. The van der Waals surface area contributed by atoms with Gasteiger partial charge in [-0.1, -0.05) is 60.1 Å². The maximum absolute atomic E-state index is 12.9. The van der Waals surface area contributed by atoms with Crippen LogP contribution in [0.15, 0.2) is 85.1 Å². The molecule has 0 aliphatic heterocycles. The number of fused-ring (bicyclic) bond motifs is 1. The summed E-state index contributed by atoms with van der Waals surface area (Å²) in [5.74, 6) is 0.210. The number of pyridine rings is 1. The van der Waals surface area contributed by atoms with Gasteiger partial charge in [-0.05, 0) is 41.3 Å². The second-order valence-electron chi connectivity index (χ2n) is 6.46. The minimum atomic E-state index is -0.698. The number of esters is 1. The standard InChI is InChI=1S/C24H18ClNO3/c1-28-18-12-10-17(11-13-18)23(29-24(27)20-8-4-5-9-21(20)25)22-19-7-3-2-6-16(19)14-15-26-22/h2-15,23H,1H3/t23-/m0/s1. The average molecular weight is 404 g/mol. The minimum Gasteiger partial charge on any atom is -0.497 e. The zero-order valence-corrected chi connectivity index (χ0v) is 16.5. The molecular weight excluding hydrogens is 386 g/mol. The van der Waals surface area contributed by atoms with E-state index in [0.29, 0.717) is 16.3 Å². The molecule has 0 aliphatic carbocycles. The molecule has 0 N–H and O–H groups in total. The highest BCUT2D eigenvalue weighted by Crippen LogP contribution is 2.32. The van der Waals surface area contributed by atoms with Crippen LogP contribution in [0, 0.1) is 0 Å². The number of hydrogen-bond acceptors (Lipinski definition) is 4. The molecule has 0 unspecified atom stereocenters. The third-order valence-corrected chi connectivity index (χ3v) is 5.02. The van der Waals surface area contributed by atoms with Crippen LogP contribution in [-0.4, -0.2) is 18.1 Å². The van der Waals surface area contributed by atoms with E-state index in [-0.39, 0.29) is 0 Å². The van der Waals surface area contributed by atoms with Gasteiger partial charge in [-0.2, -0.15) is 0 Å². The van der Waals surface area contributed by atoms with Gasteiger partial charge in [0.1, 0.15) is 5.75 Å². The van der Waals surface area contributed by atoms with Crippen LogP contribution in [0.25, 0.3) is 10.8 Å². The van der Waals surface area contributed by atoms with Crippen molar-refractivity contribution in [2.75, 3.05) is 7.11 Å². The van der Waals surface area contributed by atoms with E-state index in [0.717, 1.165) is 22.1 Å². The van der Waals surface area contributed by atoms with E-state index < -0.39 is 12.1 Å². The Kier molecular flexibility index (Phi) is 5.45. The largest absolute Gasteiger partial charge is 0.497 e. The predicted molar refractivity (Wildman–Crippen MR) is 113 cm³/mol. The van der Waals surface area contributed by atoms with Crippen LogP contribution in [0.2, 0.25) is 5.02 Å². The van der Waals surface area contributed by atoms with Crippen molar-refractivity contribution < 1.29 is 14.3 Å². The molecule has 5 heteroatoms. The van der Waals surface area contributed by atoms with Gasteiger partial charge < -0.3 is 9.47 Å². The van der Waals surface area contributed by atoms with Crippen molar-refractivity contribution in [3.63, 3.8) is 0 Å². The maximum Gasteiger partial charge on any atom is 0.340 e. The molecule has 4 aromatic rings. The van der Waals surface area contributed by atoms with Crippen molar-refractivity contribution in [1.29, 1.82) is 0 Å². The average Bonchev–Trinajstić information content (AvgIpc) is 2.77. The van der Waals surface area contributed by atoms with Gasteiger partial charge in [0, 0.05) is 11.6 Å². The van der Waals surface area contributed by atoms with Crippen LogP contribution in [0.5, 0.6) is 5.75 Å². The summed E-state index contributed by atoms with van der Waals surface area (Å²) in [5, 5.41) is 2.28. The fourth-order valence-electron chi connectivity index (χ4n) is 3.21. The molecule has 1 heterocycles. The quantitative estimate of drug-likeness (QED) is 0.392. The summed E-state index contributed by atoms with van der Waals surface area (Å²) in [7, 11) is 1.61. The van der Waals surface area contributed by atoms with Crippen LogP contribution in [-0.2, 0) is 4.74 Å². The number of halogens is 1. The molecule has 0 bridgehead atoms. The van der Waals surface area contributed by atoms with Gasteiger partial charge >= 0.3 is 5.97 Å². The van der Waals surface area contributed by atoms with Crippen molar-refractivity contribution in [3.8, 4) is 5.75 Å². The lowest BCUT2D eigenvalue weighted by atomic mass is 10.0. The molecule has 1 atom stereocenters. The highest BCUT2D eigenvalue weighted by molar-refractivity contribution is 6.33. The van der Waals surface area contributed by atoms with Gasteiger partial charge in [0.25, 0.3) is 0 Å². The third-order valence-electron chi connectivity index (χ3n) is 4.69. The van der Waals surface area contributed by atoms with Crippen LogP contribution in [0.3, 0.4) is 0 Å². The van der Waals surface area contributed by atoms with E-state index in [1.165, 1.54) is 0 Å². The second kappa shape index (κ2) is 8.33. The summed E-state index contributed by atoms with van der Waals surface area (Å²) in [6, 6.07) is 24.0. The van der Waals surface area contributed by atoms with E-state index in [1.807, 2.05) is 54.6 Å². The van der Waals surface area contributed by atoms with Gasteiger partial charge in [-0.15, -0.1) is 0 Å². The van der Waals surface area contributed by atoms with Crippen LogP contribution >= 0.6 is 11.6 Å². The molecule has 4 nitrogen and oxygen atoms in total. The molecule has 29 heavy (non-hydrogen) atoms. The van der Waals surface area contributed by atoms with Crippen LogP contribution in [0.1, 0.15) is 27.7 Å².